The molecule has 1 atom stereocenters. The predicted molar refractivity (Wildman–Crippen MR) is 123 cm³/mol. The molecule has 5 rings (SSSR count). The lowest BCUT2D eigenvalue weighted by Gasteiger charge is -2.34. The van der Waals surface area contributed by atoms with Gasteiger partial charge in [-0.3, -0.25) is 9.80 Å². The third kappa shape index (κ3) is 3.93. The number of nitrogens with one attached hydrogen (secondary N) is 1. The summed E-state index contributed by atoms with van der Waals surface area (Å²) >= 11 is 3.33. The van der Waals surface area contributed by atoms with Gasteiger partial charge in [0, 0.05) is 35.0 Å². The molecule has 0 saturated carbocycles. The molecule has 2 amide bonds. The second kappa shape index (κ2) is 8.49. The highest BCUT2D eigenvalue weighted by molar-refractivity contribution is 9.10. The van der Waals surface area contributed by atoms with Gasteiger partial charge in [-0.15, -0.1) is 0 Å². The fourth-order valence-corrected chi connectivity index (χ4v) is 4.26. The molecule has 1 aromatic heterocycles. The van der Waals surface area contributed by atoms with Crippen molar-refractivity contribution >= 4 is 45.1 Å². The Kier molecular flexibility index (Phi) is 5.51. The van der Waals surface area contributed by atoms with E-state index in [-0.39, 0.29) is 31.4 Å². The van der Waals surface area contributed by atoms with E-state index in [0.29, 0.717) is 33.0 Å². The minimum atomic E-state index is -0.504. The van der Waals surface area contributed by atoms with Crippen LogP contribution in [0.4, 0.5) is 32.3 Å². The van der Waals surface area contributed by atoms with Gasteiger partial charge in [0.2, 0.25) is 5.95 Å². The smallest absolute Gasteiger partial charge is 0.330 e. The predicted octanol–water partition coefficient (Wildman–Crippen LogP) is 3.83. The fraction of sp³-hybridized carbons (Fsp3) is 0.227. The molecule has 2 aliphatic rings. The normalized spacial score (nSPS) is 17.1. The molecule has 0 bridgehead atoms. The summed E-state index contributed by atoms with van der Waals surface area (Å²) in [6, 6.07) is 9.42. The standard InChI is InChI=1S/C22H19BrFN5O4/c1-28-20-12(9-29(22(28)31)19-15(23)3-2-4-16(19)24)8-25-21(27-20)26-13-5-6-17-18(7-13)33-14(10-30)11-32-17/h2-8,14,30H,9-11H2,1H3,(H,25,26,27). The zero-order valence-corrected chi connectivity index (χ0v) is 19.0. The third-order valence-corrected chi connectivity index (χ3v) is 5.97. The molecule has 11 heteroatoms. The first-order valence-electron chi connectivity index (χ1n) is 10.1. The second-order valence-electron chi connectivity index (χ2n) is 7.56. The quantitative estimate of drug-likeness (QED) is 0.544. The second-order valence-corrected chi connectivity index (χ2v) is 8.41. The Labute approximate surface area is 196 Å². The van der Waals surface area contributed by atoms with Crippen molar-refractivity contribution < 1.29 is 23.8 Å². The maximum absolute atomic E-state index is 14.5. The number of halogens is 2. The van der Waals surface area contributed by atoms with Crippen LogP contribution in [0, 0.1) is 5.82 Å². The molecule has 0 radical (unpaired) electrons. The summed E-state index contributed by atoms with van der Waals surface area (Å²) in [7, 11) is 1.58. The van der Waals surface area contributed by atoms with Crippen molar-refractivity contribution in [1.82, 2.24) is 9.97 Å². The topological polar surface area (TPSA) is 100 Å². The van der Waals surface area contributed by atoms with Crippen LogP contribution in [0.5, 0.6) is 11.5 Å². The highest BCUT2D eigenvalue weighted by Crippen LogP contribution is 2.37. The number of hydrogen-bond donors (Lipinski definition) is 2. The number of fused-ring (bicyclic) bond motifs is 2. The van der Waals surface area contributed by atoms with E-state index in [1.165, 1.54) is 15.9 Å². The van der Waals surface area contributed by atoms with Crippen LogP contribution in [0.2, 0.25) is 0 Å². The van der Waals surface area contributed by atoms with E-state index in [2.05, 4.69) is 31.2 Å². The summed E-state index contributed by atoms with van der Waals surface area (Å²) < 4.78 is 26.2. The van der Waals surface area contributed by atoms with Gasteiger partial charge in [0.05, 0.1) is 18.8 Å². The molecule has 0 fully saturated rings. The number of hydrogen-bond acceptors (Lipinski definition) is 7. The van der Waals surface area contributed by atoms with E-state index >= 15 is 0 Å². The number of carbonyl (C=O) groups is 1. The van der Waals surface area contributed by atoms with E-state index in [4.69, 9.17) is 9.47 Å². The average Bonchev–Trinajstić information content (AvgIpc) is 2.82. The number of rotatable bonds is 4. The zero-order chi connectivity index (χ0) is 23.1. The largest absolute Gasteiger partial charge is 0.486 e. The first kappa shape index (κ1) is 21.4. The van der Waals surface area contributed by atoms with E-state index in [1.54, 1.807) is 43.6 Å². The summed E-state index contributed by atoms with van der Waals surface area (Å²) in [6.45, 7) is 0.266. The van der Waals surface area contributed by atoms with Gasteiger partial charge in [-0.1, -0.05) is 6.07 Å². The van der Waals surface area contributed by atoms with Crippen LogP contribution in [0.1, 0.15) is 5.56 Å². The number of aliphatic hydroxyl groups is 1. The average molecular weight is 516 g/mol. The van der Waals surface area contributed by atoms with E-state index < -0.39 is 18.0 Å². The molecule has 3 aromatic rings. The monoisotopic (exact) mass is 515 g/mol. The maximum atomic E-state index is 14.5. The van der Waals surface area contributed by atoms with Gasteiger partial charge < -0.3 is 19.9 Å². The minimum Gasteiger partial charge on any atom is -0.486 e. The number of aromatic nitrogens is 2. The number of nitrogens with zero attached hydrogens (tertiary/aromatic N) is 4. The summed E-state index contributed by atoms with van der Waals surface area (Å²) in [6.07, 6.45) is 1.18. The summed E-state index contributed by atoms with van der Waals surface area (Å²) in [5, 5.41) is 12.4. The molecule has 0 saturated heterocycles. The van der Waals surface area contributed by atoms with Crippen LogP contribution in [0.25, 0.3) is 0 Å². The van der Waals surface area contributed by atoms with Gasteiger partial charge in [-0.05, 0) is 40.2 Å². The van der Waals surface area contributed by atoms with Crippen molar-refractivity contribution in [3.8, 4) is 11.5 Å². The van der Waals surface area contributed by atoms with Crippen LogP contribution in [0.3, 0.4) is 0 Å². The number of amides is 2. The number of para-hydroxylation sites is 1. The summed E-state index contributed by atoms with van der Waals surface area (Å²) in [5.41, 5.74) is 1.49. The lowest BCUT2D eigenvalue weighted by atomic mass is 10.2. The van der Waals surface area contributed by atoms with Crippen LogP contribution >= 0.6 is 15.9 Å². The highest BCUT2D eigenvalue weighted by atomic mass is 79.9. The molecule has 33 heavy (non-hydrogen) atoms. The molecule has 2 N–H and O–H groups in total. The Morgan fingerprint density at radius 1 is 1.30 bits per heavy atom. The number of ether oxygens (including phenoxy) is 2. The summed E-state index contributed by atoms with van der Waals surface area (Å²) in [4.78, 5) is 24.6. The van der Waals surface area contributed by atoms with Crippen LogP contribution in [-0.2, 0) is 6.54 Å². The molecule has 2 aliphatic heterocycles. The molecular formula is C22H19BrFN5O4. The van der Waals surface area contributed by atoms with Gasteiger partial charge >= 0.3 is 6.03 Å². The fourth-order valence-electron chi connectivity index (χ4n) is 3.70. The number of benzene rings is 2. The van der Waals surface area contributed by atoms with Crippen LogP contribution in [0.15, 0.2) is 47.1 Å². The first-order chi connectivity index (χ1) is 15.9. The molecule has 9 nitrogen and oxygen atoms in total. The molecule has 1 unspecified atom stereocenters. The Morgan fingerprint density at radius 3 is 2.94 bits per heavy atom. The van der Waals surface area contributed by atoms with Crippen LogP contribution < -0.4 is 24.6 Å². The molecule has 3 heterocycles. The highest BCUT2D eigenvalue weighted by Gasteiger charge is 2.33. The van der Waals surface area contributed by atoms with Crippen molar-refractivity contribution in [2.45, 2.75) is 12.6 Å². The van der Waals surface area contributed by atoms with Crippen LogP contribution in [-0.4, -0.2) is 47.5 Å². The van der Waals surface area contributed by atoms with E-state index in [1.807, 2.05) is 0 Å². The first-order valence-corrected chi connectivity index (χ1v) is 10.9. The van der Waals surface area contributed by atoms with Crippen molar-refractivity contribution in [2.24, 2.45) is 0 Å². The molecule has 0 spiro atoms. The van der Waals surface area contributed by atoms with E-state index in [9.17, 15) is 14.3 Å². The lowest BCUT2D eigenvalue weighted by molar-refractivity contribution is 0.0457. The van der Waals surface area contributed by atoms with Gasteiger partial charge in [0.1, 0.15) is 18.2 Å². The third-order valence-electron chi connectivity index (χ3n) is 5.34. The van der Waals surface area contributed by atoms with Gasteiger partial charge in [-0.2, -0.15) is 4.98 Å². The number of aliphatic hydroxyl groups excluding tert-OH is 1. The number of anilines is 4. The molecular weight excluding hydrogens is 497 g/mol. The number of urea groups is 1. The number of carbonyl (C=O) groups excluding carboxylic acids is 1. The Balaban J connectivity index is 1.41. The van der Waals surface area contributed by atoms with Gasteiger partial charge in [-0.25, -0.2) is 14.2 Å². The lowest BCUT2D eigenvalue weighted by Crippen LogP contribution is -2.46. The summed E-state index contributed by atoms with van der Waals surface area (Å²) in [5.74, 6) is 1.29. The molecule has 0 aliphatic carbocycles. The van der Waals surface area contributed by atoms with Gasteiger partial charge in [0.25, 0.3) is 0 Å². The Hall–Kier alpha value is -3.44. The van der Waals surface area contributed by atoms with Crippen molar-refractivity contribution in [3.05, 3.63) is 58.4 Å². The minimum absolute atomic E-state index is 0.130. The van der Waals surface area contributed by atoms with Crippen molar-refractivity contribution in [2.75, 3.05) is 35.4 Å². The Bertz CT molecular complexity index is 1220. The zero-order valence-electron chi connectivity index (χ0n) is 17.5. The maximum Gasteiger partial charge on any atom is 0.330 e. The van der Waals surface area contributed by atoms with Gasteiger partial charge in [0.15, 0.2) is 17.6 Å². The van der Waals surface area contributed by atoms with E-state index in [0.717, 1.165) is 0 Å². The van der Waals surface area contributed by atoms with Crippen molar-refractivity contribution in [1.29, 1.82) is 0 Å². The SMILES string of the molecule is CN1C(=O)N(c2c(F)cccc2Br)Cc2cnc(Nc3ccc4c(c3)OC(CO)CO4)nc21. The van der Waals surface area contributed by atoms with Crippen molar-refractivity contribution in [3.63, 3.8) is 0 Å². The molecule has 2 aromatic carbocycles. The Morgan fingerprint density at radius 2 is 2.15 bits per heavy atom. The molecule has 170 valence electrons.